The average Bonchev–Trinajstić information content (AvgIpc) is 2.59. The van der Waals surface area contributed by atoms with Gasteiger partial charge < -0.3 is 10.6 Å². The van der Waals surface area contributed by atoms with Crippen molar-refractivity contribution < 1.29 is 0 Å². The lowest BCUT2D eigenvalue weighted by Crippen LogP contribution is -2.29. The first-order valence-corrected chi connectivity index (χ1v) is 5.07. The van der Waals surface area contributed by atoms with Crippen LogP contribution in [0.15, 0.2) is 0 Å². The van der Waals surface area contributed by atoms with Crippen LogP contribution in [0, 0.1) is 5.92 Å². The summed E-state index contributed by atoms with van der Waals surface area (Å²) in [5.74, 6) is 2.20. The van der Waals surface area contributed by atoms with Crippen LogP contribution in [-0.4, -0.2) is 30.8 Å². The fraction of sp³-hybridized carbons (Fsp3) is 1.00. The summed E-state index contributed by atoms with van der Waals surface area (Å²) in [6, 6.07) is 0. The van der Waals surface area contributed by atoms with Crippen molar-refractivity contribution in [1.29, 1.82) is 0 Å². The lowest BCUT2D eigenvalue weighted by Gasteiger charge is -2.15. The number of rotatable bonds is 1. The Labute approximate surface area is 66.1 Å². The van der Waals surface area contributed by atoms with E-state index in [9.17, 15) is 0 Å². The molecule has 2 heterocycles. The van der Waals surface area contributed by atoms with Crippen LogP contribution in [0.25, 0.3) is 0 Å². The van der Waals surface area contributed by atoms with Crippen molar-refractivity contribution in [3.05, 3.63) is 0 Å². The fourth-order valence-corrected chi connectivity index (χ4v) is 2.91. The highest BCUT2D eigenvalue weighted by molar-refractivity contribution is 8.00. The Hall–Kier alpha value is 0.270. The molecule has 3 heteroatoms. The summed E-state index contributed by atoms with van der Waals surface area (Å²) in [5, 5.41) is 7.68. The standard InChI is InChI=1S/C7H14N2S/c1-2-8-5-6(1)7-9-3-4-10-7/h6-9H,1-5H2. The van der Waals surface area contributed by atoms with Gasteiger partial charge in [0, 0.05) is 18.8 Å². The maximum absolute atomic E-state index is 3.52. The summed E-state index contributed by atoms with van der Waals surface area (Å²) in [6.07, 6.45) is 1.37. The topological polar surface area (TPSA) is 24.1 Å². The van der Waals surface area contributed by atoms with E-state index in [0.29, 0.717) is 0 Å². The third-order valence-electron chi connectivity index (χ3n) is 2.27. The van der Waals surface area contributed by atoms with Crippen LogP contribution in [0.5, 0.6) is 0 Å². The Balaban J connectivity index is 1.85. The summed E-state index contributed by atoms with van der Waals surface area (Å²) in [6.45, 7) is 3.67. The van der Waals surface area contributed by atoms with Gasteiger partial charge in [-0.15, -0.1) is 11.8 Å². The zero-order valence-corrected chi connectivity index (χ0v) is 6.91. The summed E-state index contributed by atoms with van der Waals surface area (Å²) >= 11 is 2.09. The molecule has 2 nitrogen and oxygen atoms in total. The molecular weight excluding hydrogens is 144 g/mol. The van der Waals surface area contributed by atoms with Crippen molar-refractivity contribution in [2.45, 2.75) is 11.8 Å². The van der Waals surface area contributed by atoms with Gasteiger partial charge in [-0.05, 0) is 18.9 Å². The molecule has 0 aromatic heterocycles. The fourth-order valence-electron chi connectivity index (χ4n) is 1.68. The summed E-state index contributed by atoms with van der Waals surface area (Å²) in [7, 11) is 0. The van der Waals surface area contributed by atoms with E-state index in [1.807, 2.05) is 0 Å². The Bertz CT molecular complexity index is 92.2. The highest BCUT2D eigenvalue weighted by Gasteiger charge is 2.27. The van der Waals surface area contributed by atoms with Crippen molar-refractivity contribution in [1.82, 2.24) is 10.6 Å². The van der Waals surface area contributed by atoms with Gasteiger partial charge in [-0.3, -0.25) is 0 Å². The van der Waals surface area contributed by atoms with Gasteiger partial charge in [0.2, 0.25) is 0 Å². The molecule has 2 aliphatic rings. The lowest BCUT2D eigenvalue weighted by molar-refractivity contribution is 0.503. The number of nitrogens with one attached hydrogen (secondary N) is 2. The van der Waals surface area contributed by atoms with E-state index in [2.05, 4.69) is 22.4 Å². The van der Waals surface area contributed by atoms with Gasteiger partial charge in [0.15, 0.2) is 0 Å². The molecule has 58 valence electrons. The van der Waals surface area contributed by atoms with Gasteiger partial charge in [-0.2, -0.15) is 0 Å². The normalized spacial score (nSPS) is 40.8. The predicted octanol–water partition coefficient (Wildman–Crippen LogP) is 0.258. The van der Waals surface area contributed by atoms with E-state index < -0.39 is 0 Å². The van der Waals surface area contributed by atoms with Crippen molar-refractivity contribution in [2.75, 3.05) is 25.4 Å². The first kappa shape index (κ1) is 6.95. The van der Waals surface area contributed by atoms with Crippen LogP contribution < -0.4 is 10.6 Å². The van der Waals surface area contributed by atoms with Crippen LogP contribution in [0.3, 0.4) is 0 Å². The van der Waals surface area contributed by atoms with Crippen LogP contribution >= 0.6 is 11.8 Å². The van der Waals surface area contributed by atoms with Crippen molar-refractivity contribution in [2.24, 2.45) is 5.92 Å². The maximum Gasteiger partial charge on any atom is 0.0574 e. The zero-order chi connectivity index (χ0) is 6.81. The largest absolute Gasteiger partial charge is 0.316 e. The second-order valence-electron chi connectivity index (χ2n) is 3.00. The number of thioether (sulfide) groups is 1. The Morgan fingerprint density at radius 1 is 1.30 bits per heavy atom. The molecule has 2 atom stereocenters. The Morgan fingerprint density at radius 3 is 2.90 bits per heavy atom. The van der Waals surface area contributed by atoms with Crippen molar-refractivity contribution >= 4 is 11.8 Å². The number of hydrogen-bond donors (Lipinski definition) is 2. The van der Waals surface area contributed by atoms with Crippen LogP contribution in [0.1, 0.15) is 6.42 Å². The summed E-state index contributed by atoms with van der Waals surface area (Å²) in [4.78, 5) is 0. The van der Waals surface area contributed by atoms with E-state index in [4.69, 9.17) is 0 Å². The molecule has 0 spiro atoms. The molecule has 0 radical (unpaired) electrons. The van der Waals surface area contributed by atoms with Crippen LogP contribution in [0.2, 0.25) is 0 Å². The molecule has 10 heavy (non-hydrogen) atoms. The second-order valence-corrected chi connectivity index (χ2v) is 4.25. The molecule has 2 N–H and O–H groups in total. The van der Waals surface area contributed by atoms with Crippen LogP contribution in [-0.2, 0) is 0 Å². The van der Waals surface area contributed by atoms with E-state index >= 15 is 0 Å². The minimum absolute atomic E-state index is 0.759. The molecule has 2 saturated heterocycles. The Kier molecular flexibility index (Phi) is 2.16. The third-order valence-corrected chi connectivity index (χ3v) is 3.62. The van der Waals surface area contributed by atoms with Gasteiger partial charge >= 0.3 is 0 Å². The molecule has 2 aliphatic heterocycles. The number of hydrogen-bond acceptors (Lipinski definition) is 3. The molecule has 2 unspecified atom stereocenters. The monoisotopic (exact) mass is 158 g/mol. The molecule has 0 aromatic carbocycles. The van der Waals surface area contributed by atoms with Crippen molar-refractivity contribution in [3.63, 3.8) is 0 Å². The van der Waals surface area contributed by atoms with Gasteiger partial charge in [-0.25, -0.2) is 0 Å². The zero-order valence-electron chi connectivity index (χ0n) is 6.10. The van der Waals surface area contributed by atoms with E-state index in [1.165, 1.54) is 31.8 Å². The van der Waals surface area contributed by atoms with Gasteiger partial charge in [-0.1, -0.05) is 0 Å². The highest BCUT2D eigenvalue weighted by atomic mass is 32.2. The molecule has 0 bridgehead atoms. The lowest BCUT2D eigenvalue weighted by atomic mass is 10.1. The van der Waals surface area contributed by atoms with Gasteiger partial charge in [0.25, 0.3) is 0 Å². The first-order chi connectivity index (χ1) is 4.97. The average molecular weight is 158 g/mol. The SMILES string of the molecule is C1CC(C2NCCS2)CN1. The van der Waals surface area contributed by atoms with E-state index in [0.717, 1.165) is 11.3 Å². The quantitative estimate of drug-likeness (QED) is 0.572. The van der Waals surface area contributed by atoms with Crippen molar-refractivity contribution in [3.8, 4) is 0 Å². The van der Waals surface area contributed by atoms with E-state index in [1.54, 1.807) is 0 Å². The molecular formula is C7H14N2S. The second kappa shape index (κ2) is 3.11. The summed E-state index contributed by atoms with van der Waals surface area (Å²) < 4.78 is 0. The van der Waals surface area contributed by atoms with Crippen LogP contribution in [0.4, 0.5) is 0 Å². The Morgan fingerprint density at radius 2 is 2.30 bits per heavy atom. The molecule has 2 rings (SSSR count). The summed E-state index contributed by atoms with van der Waals surface area (Å²) in [5.41, 5.74) is 0. The molecule has 0 aliphatic carbocycles. The first-order valence-electron chi connectivity index (χ1n) is 4.02. The minimum atomic E-state index is 0.759. The predicted molar refractivity (Wildman–Crippen MR) is 45.2 cm³/mol. The molecule has 0 saturated carbocycles. The molecule has 2 fully saturated rings. The third kappa shape index (κ3) is 1.31. The maximum atomic E-state index is 3.52. The van der Waals surface area contributed by atoms with Gasteiger partial charge in [0.05, 0.1) is 5.37 Å². The minimum Gasteiger partial charge on any atom is -0.316 e. The molecule has 0 aromatic rings. The molecule has 0 amide bonds. The van der Waals surface area contributed by atoms with Gasteiger partial charge in [0.1, 0.15) is 0 Å². The highest BCUT2D eigenvalue weighted by Crippen LogP contribution is 2.25. The smallest absolute Gasteiger partial charge is 0.0574 e. The van der Waals surface area contributed by atoms with E-state index in [-0.39, 0.29) is 0 Å².